The first-order valence-electron chi connectivity index (χ1n) is 10.1. The minimum Gasteiger partial charge on any atom is -0.290 e. The molecule has 0 spiro atoms. The van der Waals surface area contributed by atoms with Gasteiger partial charge in [-0.15, -0.1) is 0 Å². The summed E-state index contributed by atoms with van der Waals surface area (Å²) in [5.74, 6) is 0.210. The van der Waals surface area contributed by atoms with Crippen molar-refractivity contribution in [1.29, 1.82) is 0 Å². The highest BCUT2D eigenvalue weighted by Gasteiger charge is 2.00. The second kappa shape index (κ2) is 14.6. The number of rotatable bonds is 15. The summed E-state index contributed by atoms with van der Waals surface area (Å²) in [5, 5.41) is 11.6. The minimum absolute atomic E-state index is 0.210. The molecule has 1 aromatic carbocycles. The SMILES string of the molecule is CCCCCCCCCCCCCCCCc1ccccc1[O]. The molecule has 0 aliphatic rings. The monoisotopic (exact) mass is 317 g/mol. The van der Waals surface area contributed by atoms with E-state index in [0.29, 0.717) is 0 Å². The number of aryl methyl sites for hydroxylation is 1. The average molecular weight is 318 g/mol. The standard InChI is InChI=1S/C22H37O/c1-2-3-4-5-6-7-8-9-10-11-12-13-14-15-18-21-19-16-17-20-22(21)23/h16-17,19-20H,2-15,18H2,1H3. The third-order valence-corrected chi connectivity index (χ3v) is 4.77. The smallest absolute Gasteiger partial charge is 0.181 e. The van der Waals surface area contributed by atoms with E-state index < -0.39 is 0 Å². The quantitative estimate of drug-likeness (QED) is 0.293. The van der Waals surface area contributed by atoms with E-state index >= 15 is 0 Å². The van der Waals surface area contributed by atoms with Gasteiger partial charge in [0.2, 0.25) is 0 Å². The molecule has 0 aromatic heterocycles. The van der Waals surface area contributed by atoms with Crippen LogP contribution in [0.1, 0.15) is 102 Å². The Hall–Kier alpha value is -0.980. The lowest BCUT2D eigenvalue weighted by Crippen LogP contribution is -1.87. The van der Waals surface area contributed by atoms with Crippen LogP contribution in [0.3, 0.4) is 0 Å². The molecule has 0 aliphatic heterocycles. The Kier molecular flexibility index (Phi) is 12.7. The van der Waals surface area contributed by atoms with E-state index in [0.717, 1.165) is 18.4 Å². The number of para-hydroxylation sites is 1. The van der Waals surface area contributed by atoms with Gasteiger partial charge in [-0.05, 0) is 24.5 Å². The summed E-state index contributed by atoms with van der Waals surface area (Å²) in [7, 11) is 0. The van der Waals surface area contributed by atoms with Gasteiger partial charge >= 0.3 is 0 Å². The highest BCUT2D eigenvalue weighted by Crippen LogP contribution is 2.19. The molecule has 1 rings (SSSR count). The maximum atomic E-state index is 11.6. The fourth-order valence-corrected chi connectivity index (χ4v) is 3.22. The molecule has 0 bridgehead atoms. The lowest BCUT2D eigenvalue weighted by molar-refractivity contribution is 0.349. The fourth-order valence-electron chi connectivity index (χ4n) is 3.22. The van der Waals surface area contributed by atoms with Crippen LogP contribution in [0.15, 0.2) is 24.3 Å². The molecule has 0 amide bonds. The van der Waals surface area contributed by atoms with E-state index in [1.807, 2.05) is 18.2 Å². The Morgan fingerprint density at radius 2 is 1.04 bits per heavy atom. The number of unbranched alkanes of at least 4 members (excludes halogenated alkanes) is 13. The van der Waals surface area contributed by atoms with Crippen LogP contribution in [0.2, 0.25) is 0 Å². The Balaban J connectivity index is 1.79. The van der Waals surface area contributed by atoms with Crippen molar-refractivity contribution in [3.63, 3.8) is 0 Å². The maximum Gasteiger partial charge on any atom is 0.181 e. The van der Waals surface area contributed by atoms with Crippen molar-refractivity contribution in [2.45, 2.75) is 103 Å². The molecule has 1 nitrogen and oxygen atoms in total. The molecule has 0 aliphatic carbocycles. The van der Waals surface area contributed by atoms with Crippen LogP contribution in [-0.2, 0) is 11.5 Å². The topological polar surface area (TPSA) is 19.9 Å². The van der Waals surface area contributed by atoms with Crippen LogP contribution in [0.25, 0.3) is 0 Å². The second-order valence-electron chi connectivity index (χ2n) is 6.95. The zero-order valence-corrected chi connectivity index (χ0v) is 15.3. The van der Waals surface area contributed by atoms with Gasteiger partial charge in [-0.3, -0.25) is 5.11 Å². The van der Waals surface area contributed by atoms with Gasteiger partial charge < -0.3 is 0 Å². The molecule has 0 saturated heterocycles. The summed E-state index contributed by atoms with van der Waals surface area (Å²) in [4.78, 5) is 0. The third kappa shape index (κ3) is 11.2. The van der Waals surface area contributed by atoms with Gasteiger partial charge in [-0.1, -0.05) is 109 Å². The van der Waals surface area contributed by atoms with E-state index in [2.05, 4.69) is 6.92 Å². The molecule has 0 heterocycles. The van der Waals surface area contributed by atoms with Crippen LogP contribution < -0.4 is 0 Å². The summed E-state index contributed by atoms with van der Waals surface area (Å²) < 4.78 is 0. The highest BCUT2D eigenvalue weighted by atomic mass is 16.3. The molecule has 131 valence electrons. The van der Waals surface area contributed by atoms with Crippen LogP contribution in [0, 0.1) is 0 Å². The zero-order valence-electron chi connectivity index (χ0n) is 15.3. The number of hydrogen-bond donors (Lipinski definition) is 0. The summed E-state index contributed by atoms with van der Waals surface area (Å²) >= 11 is 0. The van der Waals surface area contributed by atoms with E-state index in [4.69, 9.17) is 0 Å². The maximum absolute atomic E-state index is 11.6. The predicted molar refractivity (Wildman–Crippen MR) is 101 cm³/mol. The summed E-state index contributed by atoms with van der Waals surface area (Å²) in [6, 6.07) is 7.46. The third-order valence-electron chi connectivity index (χ3n) is 4.77. The van der Waals surface area contributed by atoms with Crippen molar-refractivity contribution in [3.05, 3.63) is 29.8 Å². The normalized spacial score (nSPS) is 11.0. The molecular formula is C22H37O. The Morgan fingerprint density at radius 1 is 0.609 bits per heavy atom. The summed E-state index contributed by atoms with van der Waals surface area (Å²) in [6.07, 6.45) is 20.3. The van der Waals surface area contributed by atoms with E-state index in [9.17, 15) is 5.11 Å². The first-order valence-corrected chi connectivity index (χ1v) is 10.1. The van der Waals surface area contributed by atoms with Gasteiger partial charge in [-0.25, -0.2) is 0 Å². The zero-order chi connectivity index (χ0) is 16.6. The predicted octanol–water partition coefficient (Wildman–Crippen LogP) is 7.85. The Morgan fingerprint density at radius 3 is 1.52 bits per heavy atom. The van der Waals surface area contributed by atoms with Crippen molar-refractivity contribution in [3.8, 4) is 5.75 Å². The molecule has 1 radical (unpaired) electrons. The molecule has 0 atom stereocenters. The van der Waals surface area contributed by atoms with Crippen LogP contribution in [0.5, 0.6) is 5.75 Å². The molecular weight excluding hydrogens is 280 g/mol. The van der Waals surface area contributed by atoms with Crippen molar-refractivity contribution in [2.75, 3.05) is 0 Å². The molecule has 1 heteroatoms. The van der Waals surface area contributed by atoms with Gasteiger partial charge in [-0.2, -0.15) is 0 Å². The summed E-state index contributed by atoms with van der Waals surface area (Å²) in [5.41, 5.74) is 0.992. The van der Waals surface area contributed by atoms with E-state index in [1.54, 1.807) is 6.07 Å². The minimum atomic E-state index is 0.210. The van der Waals surface area contributed by atoms with Crippen LogP contribution in [-0.4, -0.2) is 0 Å². The largest absolute Gasteiger partial charge is 0.290 e. The molecule has 0 saturated carbocycles. The lowest BCUT2D eigenvalue weighted by atomic mass is 10.0. The van der Waals surface area contributed by atoms with Crippen LogP contribution in [0.4, 0.5) is 0 Å². The number of hydrogen-bond acceptors (Lipinski definition) is 0. The molecule has 0 N–H and O–H groups in total. The molecule has 23 heavy (non-hydrogen) atoms. The first kappa shape index (κ1) is 20.1. The van der Waals surface area contributed by atoms with Crippen molar-refractivity contribution in [1.82, 2.24) is 0 Å². The van der Waals surface area contributed by atoms with Gasteiger partial charge in [0, 0.05) is 0 Å². The summed E-state index contributed by atoms with van der Waals surface area (Å²) in [6.45, 7) is 2.28. The van der Waals surface area contributed by atoms with Gasteiger partial charge in [0.25, 0.3) is 0 Å². The fraction of sp³-hybridized carbons (Fsp3) is 0.727. The molecule has 0 unspecified atom stereocenters. The highest BCUT2D eigenvalue weighted by molar-refractivity contribution is 5.31. The van der Waals surface area contributed by atoms with E-state index in [1.165, 1.54) is 83.5 Å². The van der Waals surface area contributed by atoms with Crippen LogP contribution >= 0.6 is 0 Å². The van der Waals surface area contributed by atoms with Crippen molar-refractivity contribution < 1.29 is 5.11 Å². The molecule has 0 fully saturated rings. The van der Waals surface area contributed by atoms with Gasteiger partial charge in [0.05, 0.1) is 0 Å². The average Bonchev–Trinajstić information content (AvgIpc) is 2.57. The van der Waals surface area contributed by atoms with Gasteiger partial charge in [0.1, 0.15) is 0 Å². The first-order chi connectivity index (χ1) is 11.3. The van der Waals surface area contributed by atoms with E-state index in [-0.39, 0.29) is 5.75 Å². The Labute approximate surface area is 144 Å². The van der Waals surface area contributed by atoms with Crippen molar-refractivity contribution in [2.24, 2.45) is 0 Å². The van der Waals surface area contributed by atoms with Gasteiger partial charge in [0.15, 0.2) is 5.75 Å². The lowest BCUT2D eigenvalue weighted by Gasteiger charge is -2.04. The molecule has 1 aromatic rings. The Bertz CT molecular complexity index is 372. The second-order valence-corrected chi connectivity index (χ2v) is 6.95. The van der Waals surface area contributed by atoms with Crippen molar-refractivity contribution >= 4 is 0 Å². The number of benzene rings is 1.